The van der Waals surface area contributed by atoms with E-state index in [0.717, 1.165) is 0 Å². The van der Waals surface area contributed by atoms with Gasteiger partial charge in [0.05, 0.1) is 0 Å². The van der Waals surface area contributed by atoms with Gasteiger partial charge in [-0.1, -0.05) is 0 Å². The molecule has 1 N–H and O–H groups in total. The summed E-state index contributed by atoms with van der Waals surface area (Å²) in [5, 5.41) is 30.4. The summed E-state index contributed by atoms with van der Waals surface area (Å²) in [5.74, 6) is -0.00231. The van der Waals surface area contributed by atoms with E-state index in [9.17, 15) is 0 Å². The molecular formula is C6H4N5Na. The average molecular weight is 169 g/mol. The van der Waals surface area contributed by atoms with Crippen LogP contribution in [0.3, 0.4) is 0 Å². The van der Waals surface area contributed by atoms with Crippen LogP contribution in [0.2, 0.25) is 0 Å². The maximum absolute atomic E-state index is 8.31. The van der Waals surface area contributed by atoms with Crippen molar-refractivity contribution in [3.63, 3.8) is 0 Å². The Labute approximate surface area is 92.6 Å². The van der Waals surface area contributed by atoms with Gasteiger partial charge in [0.2, 0.25) is 0 Å². The molecule has 0 radical (unpaired) electrons. The second-order valence-corrected chi connectivity index (χ2v) is 1.41. The topological polar surface area (TPSA) is 97.5 Å². The molecule has 0 rings (SSSR count). The Morgan fingerprint density at radius 3 is 2.00 bits per heavy atom. The van der Waals surface area contributed by atoms with Crippen LogP contribution in [0.5, 0.6) is 0 Å². The molecule has 0 aliphatic carbocycles. The van der Waals surface area contributed by atoms with Crippen LogP contribution in [0.4, 0.5) is 0 Å². The molecule has 0 bridgehead atoms. The Morgan fingerprint density at radius 2 is 1.75 bits per heavy atom. The van der Waals surface area contributed by atoms with Gasteiger partial charge in [0.25, 0.3) is 0 Å². The Bertz CT molecular complexity index is 271. The van der Waals surface area contributed by atoms with Crippen molar-refractivity contribution in [2.24, 2.45) is 0 Å². The first-order chi connectivity index (χ1) is 5.29. The van der Waals surface area contributed by atoms with Gasteiger partial charge in [-0.15, -0.1) is 0 Å². The first-order valence-corrected chi connectivity index (χ1v) is 2.62. The van der Waals surface area contributed by atoms with Gasteiger partial charge in [0.15, 0.2) is 0 Å². The van der Waals surface area contributed by atoms with E-state index in [1.54, 1.807) is 12.1 Å². The molecule has 0 saturated heterocycles. The molecular weight excluding hydrogens is 165 g/mol. The van der Waals surface area contributed by atoms with Crippen LogP contribution in [-0.4, -0.2) is 7.05 Å². The number of hydrogen-bond acceptors (Lipinski definition) is 4. The van der Waals surface area contributed by atoms with Gasteiger partial charge in [-0.2, -0.15) is 10.5 Å². The quantitative estimate of drug-likeness (QED) is 0.277. The Hall–Kier alpha value is -1.19. The standard InChI is InChI=1S/C6H4N5.Na/c1-10-6(11-4-9)5(2-7)3-8;/h10H,1H3;/q-1;+1. The van der Waals surface area contributed by atoms with E-state index in [4.69, 9.17) is 15.8 Å². The minimum atomic E-state index is -0.200. The molecule has 0 saturated carbocycles. The van der Waals surface area contributed by atoms with E-state index < -0.39 is 0 Å². The number of nitriles is 3. The average Bonchev–Trinajstić information content (AvgIpc) is 2.05. The molecule has 0 spiro atoms. The predicted molar refractivity (Wildman–Crippen MR) is 36.3 cm³/mol. The van der Waals surface area contributed by atoms with Crippen LogP contribution in [0.15, 0.2) is 11.4 Å². The zero-order chi connectivity index (χ0) is 8.69. The van der Waals surface area contributed by atoms with E-state index in [-0.39, 0.29) is 41.0 Å². The SMILES string of the molecule is CNC([N-]C#N)=C(C#N)C#N.[Na+]. The largest absolute Gasteiger partial charge is 1.00 e. The second kappa shape index (κ2) is 7.91. The third-order valence-corrected chi connectivity index (χ3v) is 0.859. The fourth-order valence-corrected chi connectivity index (χ4v) is 0.418. The minimum Gasteiger partial charge on any atom is -0.442 e. The van der Waals surface area contributed by atoms with Gasteiger partial charge in [-0.05, 0) is 7.05 Å². The van der Waals surface area contributed by atoms with Gasteiger partial charge < -0.3 is 15.9 Å². The zero-order valence-electron chi connectivity index (χ0n) is 6.79. The zero-order valence-corrected chi connectivity index (χ0v) is 8.79. The Morgan fingerprint density at radius 1 is 1.25 bits per heavy atom. The molecule has 54 valence electrons. The van der Waals surface area contributed by atoms with E-state index in [0.29, 0.717) is 0 Å². The van der Waals surface area contributed by atoms with Crippen LogP contribution >= 0.6 is 0 Å². The number of nitrogens with one attached hydrogen (secondary N) is 1. The number of allylic oxidation sites excluding steroid dienone is 1. The van der Waals surface area contributed by atoms with E-state index in [2.05, 4.69) is 10.6 Å². The van der Waals surface area contributed by atoms with Crippen molar-refractivity contribution in [3.05, 3.63) is 16.7 Å². The van der Waals surface area contributed by atoms with Crippen LogP contribution in [-0.2, 0) is 0 Å². The number of hydrogen-bond donors (Lipinski definition) is 1. The number of rotatable bonds is 2. The summed E-state index contributed by atoms with van der Waals surface area (Å²) in [6.07, 6.45) is 1.47. The van der Waals surface area contributed by atoms with E-state index in [1.165, 1.54) is 13.2 Å². The van der Waals surface area contributed by atoms with Gasteiger partial charge >= 0.3 is 29.6 Å². The Kier molecular flexibility index (Phi) is 8.84. The predicted octanol–water partition coefficient (Wildman–Crippen LogP) is -2.68. The normalized spacial score (nSPS) is 5.83. The van der Waals surface area contributed by atoms with Crippen LogP contribution in [0, 0.1) is 34.1 Å². The second-order valence-electron chi connectivity index (χ2n) is 1.41. The van der Waals surface area contributed by atoms with Crippen molar-refractivity contribution in [3.8, 4) is 18.3 Å². The van der Waals surface area contributed by atoms with E-state index in [1.807, 2.05) is 0 Å². The molecule has 0 aromatic carbocycles. The van der Waals surface area contributed by atoms with Crippen molar-refractivity contribution in [2.75, 3.05) is 7.05 Å². The van der Waals surface area contributed by atoms with Gasteiger partial charge in [0, 0.05) is 12.0 Å². The summed E-state index contributed by atoms with van der Waals surface area (Å²) in [6, 6.07) is 3.20. The smallest absolute Gasteiger partial charge is 0.442 e. The summed E-state index contributed by atoms with van der Waals surface area (Å²) in [7, 11) is 1.48. The van der Waals surface area contributed by atoms with Crippen LogP contribution in [0.1, 0.15) is 0 Å². The van der Waals surface area contributed by atoms with Crippen molar-refractivity contribution in [2.45, 2.75) is 0 Å². The van der Waals surface area contributed by atoms with Crippen molar-refractivity contribution < 1.29 is 29.6 Å². The summed E-state index contributed by atoms with van der Waals surface area (Å²) in [6.45, 7) is 0. The van der Waals surface area contributed by atoms with E-state index >= 15 is 0 Å². The monoisotopic (exact) mass is 169 g/mol. The summed E-state index contributed by atoms with van der Waals surface area (Å²) < 4.78 is 0. The molecule has 0 aliphatic heterocycles. The van der Waals surface area contributed by atoms with Crippen molar-refractivity contribution >= 4 is 0 Å². The van der Waals surface area contributed by atoms with Gasteiger partial charge in [0.1, 0.15) is 17.7 Å². The van der Waals surface area contributed by atoms with Gasteiger partial charge in [-0.3, -0.25) is 0 Å². The minimum absolute atomic E-state index is 0. The number of nitrogens with zero attached hydrogens (tertiary/aromatic N) is 4. The molecule has 0 fully saturated rings. The molecule has 0 unspecified atom stereocenters. The third-order valence-electron chi connectivity index (χ3n) is 0.859. The fraction of sp³-hybridized carbons (Fsp3) is 0.167. The molecule has 0 aromatic heterocycles. The maximum Gasteiger partial charge on any atom is 1.00 e. The Balaban J connectivity index is 0. The van der Waals surface area contributed by atoms with Gasteiger partial charge in [-0.25, -0.2) is 0 Å². The summed E-state index contributed by atoms with van der Waals surface area (Å²) in [5.41, 5.74) is -0.200. The first kappa shape index (κ1) is 13.4. The molecule has 0 heterocycles. The molecule has 0 aliphatic rings. The fourth-order valence-electron chi connectivity index (χ4n) is 0.418. The maximum atomic E-state index is 8.31. The first-order valence-electron chi connectivity index (χ1n) is 2.62. The molecule has 5 nitrogen and oxygen atoms in total. The van der Waals surface area contributed by atoms with Crippen molar-refractivity contribution in [1.29, 1.82) is 15.8 Å². The van der Waals surface area contributed by atoms with Crippen molar-refractivity contribution in [1.82, 2.24) is 5.32 Å². The van der Waals surface area contributed by atoms with Crippen LogP contribution in [0.25, 0.3) is 5.32 Å². The molecule has 0 amide bonds. The summed E-state index contributed by atoms with van der Waals surface area (Å²) >= 11 is 0. The molecule has 0 atom stereocenters. The molecule has 0 aromatic rings. The molecule has 6 heteroatoms. The summed E-state index contributed by atoms with van der Waals surface area (Å²) in [4.78, 5) is 0. The van der Waals surface area contributed by atoms with Crippen LogP contribution < -0.4 is 34.9 Å². The molecule has 12 heavy (non-hydrogen) atoms. The third kappa shape index (κ3) is 3.85.